The van der Waals surface area contributed by atoms with Crippen LogP contribution < -0.4 is 10.0 Å². The van der Waals surface area contributed by atoms with Crippen LogP contribution in [0.2, 0.25) is 0 Å². The first-order valence-corrected chi connectivity index (χ1v) is 11.7. The van der Waals surface area contributed by atoms with Gasteiger partial charge in [0.15, 0.2) is 5.76 Å². The second-order valence-electron chi connectivity index (χ2n) is 6.01. The van der Waals surface area contributed by atoms with Crippen molar-refractivity contribution >= 4 is 66.7 Å². The molecule has 3 aromatic rings. The second kappa shape index (κ2) is 8.93. The van der Waals surface area contributed by atoms with E-state index >= 15 is 0 Å². The Kier molecular flexibility index (Phi) is 6.56. The maximum Gasteiger partial charge on any atom is 0.271 e. The first-order chi connectivity index (χ1) is 13.8. The number of carbonyl (C=O) groups is 1. The predicted octanol–water partition coefficient (Wildman–Crippen LogP) is 5.13. The Morgan fingerprint density at radius 3 is 2.79 bits per heavy atom. The topological polar surface area (TPSA) is 101 Å². The van der Waals surface area contributed by atoms with Crippen LogP contribution in [-0.2, 0) is 14.8 Å². The smallest absolute Gasteiger partial charge is 0.271 e. The average Bonchev–Trinajstić information content (AvgIpc) is 3.28. The zero-order valence-electron chi connectivity index (χ0n) is 15.6. The number of sulfonamides is 1. The van der Waals surface area contributed by atoms with Gasteiger partial charge in [0.05, 0.1) is 0 Å². The van der Waals surface area contributed by atoms with E-state index in [0.717, 1.165) is 15.8 Å². The lowest BCUT2D eigenvalue weighted by molar-refractivity contribution is -0.115. The molecule has 0 unspecified atom stereocenters. The lowest BCUT2D eigenvalue weighted by atomic mass is 10.2. The molecule has 7 nitrogen and oxygen atoms in total. The van der Waals surface area contributed by atoms with Gasteiger partial charge in [-0.25, -0.2) is 8.42 Å². The number of hydrogen-bond acceptors (Lipinski definition) is 6. The monoisotopic (exact) mass is 495 g/mol. The summed E-state index contributed by atoms with van der Waals surface area (Å²) in [6, 6.07) is 10.2. The molecule has 0 saturated carbocycles. The number of halogens is 1. The molecule has 0 aliphatic rings. The van der Waals surface area contributed by atoms with E-state index in [-0.39, 0.29) is 10.1 Å². The molecule has 1 aromatic carbocycles. The Bertz CT molecular complexity index is 1170. The largest absolute Gasteiger partial charge is 0.354 e. The third-order valence-electron chi connectivity index (χ3n) is 3.82. The van der Waals surface area contributed by atoms with Crippen LogP contribution in [0.4, 0.5) is 11.4 Å². The molecule has 10 heteroatoms. The lowest BCUT2D eigenvalue weighted by Crippen LogP contribution is -2.11. The minimum Gasteiger partial charge on any atom is -0.354 e. The maximum atomic E-state index is 12.6. The van der Waals surface area contributed by atoms with Gasteiger partial charge in [0.25, 0.3) is 10.0 Å². The number of thiophene rings is 1. The summed E-state index contributed by atoms with van der Waals surface area (Å²) in [5.41, 5.74) is 1.55. The van der Waals surface area contributed by atoms with Gasteiger partial charge in [-0.2, -0.15) is 0 Å². The Morgan fingerprint density at radius 2 is 2.07 bits per heavy atom. The molecule has 0 aliphatic carbocycles. The van der Waals surface area contributed by atoms with Crippen molar-refractivity contribution in [1.82, 2.24) is 5.16 Å². The third-order valence-corrected chi connectivity index (χ3v) is 7.23. The van der Waals surface area contributed by atoms with Gasteiger partial charge in [-0.3, -0.25) is 9.52 Å². The van der Waals surface area contributed by atoms with Crippen molar-refractivity contribution < 1.29 is 17.7 Å². The van der Waals surface area contributed by atoms with Crippen LogP contribution in [0.25, 0.3) is 12.2 Å². The van der Waals surface area contributed by atoms with E-state index in [4.69, 9.17) is 4.52 Å². The Morgan fingerprint density at radius 1 is 1.28 bits per heavy atom. The molecule has 1 amide bonds. The number of nitrogens with one attached hydrogen (secondary N) is 2. The highest BCUT2D eigenvalue weighted by atomic mass is 79.9. The van der Waals surface area contributed by atoms with Gasteiger partial charge in [-0.1, -0.05) is 34.1 Å². The molecule has 2 N–H and O–H groups in total. The molecule has 0 saturated heterocycles. The van der Waals surface area contributed by atoms with E-state index in [1.807, 2.05) is 6.07 Å². The molecular weight excluding hydrogens is 478 g/mol. The molecule has 0 radical (unpaired) electrons. The standard InChI is InChI=1S/C19H18BrN3O4S2/c1-3-17(24)21-19-12(2)22-27-16(19)9-7-15-8-10-18(28-15)29(25,26)23-14-6-4-5-13(20)11-14/h4-11,23H,3H2,1-2H3,(H,21,24). The highest BCUT2D eigenvalue weighted by molar-refractivity contribution is 9.10. The Balaban J connectivity index is 1.78. The summed E-state index contributed by atoms with van der Waals surface area (Å²) in [6.07, 6.45) is 3.70. The molecular formula is C19H18BrN3O4S2. The van der Waals surface area contributed by atoms with E-state index in [1.165, 1.54) is 6.07 Å². The predicted molar refractivity (Wildman–Crippen MR) is 118 cm³/mol. The zero-order chi connectivity index (χ0) is 21.0. The number of anilines is 2. The lowest BCUT2D eigenvalue weighted by Gasteiger charge is -2.06. The number of rotatable bonds is 7. The van der Waals surface area contributed by atoms with Crippen molar-refractivity contribution in [1.29, 1.82) is 0 Å². The van der Waals surface area contributed by atoms with Crippen molar-refractivity contribution in [2.45, 2.75) is 24.5 Å². The summed E-state index contributed by atoms with van der Waals surface area (Å²) in [7, 11) is -3.69. The number of aromatic nitrogens is 1. The van der Waals surface area contributed by atoms with Crippen molar-refractivity contribution in [2.24, 2.45) is 0 Å². The molecule has 0 bridgehead atoms. The highest BCUT2D eigenvalue weighted by Crippen LogP contribution is 2.28. The number of hydrogen-bond donors (Lipinski definition) is 2. The van der Waals surface area contributed by atoms with Gasteiger partial charge in [0, 0.05) is 21.5 Å². The maximum absolute atomic E-state index is 12.6. The van der Waals surface area contributed by atoms with Gasteiger partial charge >= 0.3 is 0 Å². The first kappa shape index (κ1) is 21.3. The summed E-state index contributed by atoms with van der Waals surface area (Å²) in [5.74, 6) is 0.253. The van der Waals surface area contributed by atoms with Crippen molar-refractivity contribution in [3.8, 4) is 0 Å². The fourth-order valence-corrected chi connectivity index (χ4v) is 5.04. The van der Waals surface area contributed by atoms with Gasteiger partial charge in [0.1, 0.15) is 15.6 Å². The first-order valence-electron chi connectivity index (χ1n) is 8.61. The van der Waals surface area contributed by atoms with E-state index < -0.39 is 10.0 Å². The summed E-state index contributed by atoms with van der Waals surface area (Å²) in [4.78, 5) is 12.4. The Labute approximate surface area is 181 Å². The van der Waals surface area contributed by atoms with Crippen LogP contribution in [0, 0.1) is 6.92 Å². The summed E-state index contributed by atoms with van der Waals surface area (Å²) < 4.78 is 34.0. The van der Waals surface area contributed by atoms with Crippen LogP contribution in [0.3, 0.4) is 0 Å². The van der Waals surface area contributed by atoms with Crippen LogP contribution in [0.1, 0.15) is 29.7 Å². The minimum atomic E-state index is -3.69. The van der Waals surface area contributed by atoms with Gasteiger partial charge < -0.3 is 9.84 Å². The molecule has 152 valence electrons. The van der Waals surface area contributed by atoms with Crippen LogP contribution >= 0.6 is 27.3 Å². The van der Waals surface area contributed by atoms with Crippen molar-refractivity contribution in [3.63, 3.8) is 0 Å². The Hall–Kier alpha value is -2.43. The number of amides is 1. The second-order valence-corrected chi connectivity index (χ2v) is 9.96. The molecule has 29 heavy (non-hydrogen) atoms. The van der Waals surface area contributed by atoms with Crippen molar-refractivity contribution in [2.75, 3.05) is 10.0 Å². The fraction of sp³-hybridized carbons (Fsp3) is 0.158. The van der Waals surface area contributed by atoms with E-state index in [9.17, 15) is 13.2 Å². The highest BCUT2D eigenvalue weighted by Gasteiger charge is 2.17. The average molecular weight is 496 g/mol. The minimum absolute atomic E-state index is 0.144. The van der Waals surface area contributed by atoms with Crippen molar-refractivity contribution in [3.05, 3.63) is 57.2 Å². The van der Waals surface area contributed by atoms with Crippen LogP contribution in [0.15, 0.2) is 49.6 Å². The summed E-state index contributed by atoms with van der Waals surface area (Å²) >= 11 is 4.43. The molecule has 2 aromatic heterocycles. The quantitative estimate of drug-likeness (QED) is 0.473. The third kappa shape index (κ3) is 5.34. The molecule has 0 atom stereocenters. The van der Waals surface area contributed by atoms with E-state index in [2.05, 4.69) is 31.1 Å². The SMILES string of the molecule is CCC(=O)Nc1c(C)noc1C=Cc1ccc(S(=O)(=O)Nc2cccc(Br)c2)s1. The van der Waals surface area contributed by atoms with Gasteiger partial charge in [-0.05, 0) is 49.4 Å². The van der Waals surface area contributed by atoms with Gasteiger partial charge in [-0.15, -0.1) is 11.3 Å². The summed E-state index contributed by atoms with van der Waals surface area (Å²) in [5, 5.41) is 6.62. The molecule has 0 spiro atoms. The zero-order valence-corrected chi connectivity index (χ0v) is 18.8. The molecule has 0 aliphatic heterocycles. The summed E-state index contributed by atoms with van der Waals surface area (Å²) in [6.45, 7) is 3.49. The number of aryl methyl sites for hydroxylation is 1. The number of carbonyl (C=O) groups excluding carboxylic acids is 1. The van der Waals surface area contributed by atoms with Crippen LogP contribution in [0.5, 0.6) is 0 Å². The van der Waals surface area contributed by atoms with E-state index in [0.29, 0.717) is 34.1 Å². The van der Waals surface area contributed by atoms with E-state index in [1.54, 1.807) is 50.3 Å². The van der Waals surface area contributed by atoms with Crippen LogP contribution in [-0.4, -0.2) is 19.5 Å². The number of benzene rings is 1. The fourth-order valence-electron chi connectivity index (χ4n) is 2.36. The molecule has 3 rings (SSSR count). The molecule has 2 heterocycles. The molecule has 0 fully saturated rings. The van der Waals surface area contributed by atoms with Gasteiger partial charge in [0.2, 0.25) is 5.91 Å². The normalized spacial score (nSPS) is 11.7. The number of nitrogens with zero attached hydrogens (tertiary/aromatic N) is 1.